The van der Waals surface area contributed by atoms with E-state index in [-0.39, 0.29) is 24.0 Å². The molecule has 2 heterocycles. The van der Waals surface area contributed by atoms with E-state index < -0.39 is 0 Å². The standard InChI is InChI=1S/C18H35N7O.HI/c1-4-16(3)22-18(19-7-6-9-24-11-13-26-14-12-24)20-8-10-25-15-21-23-17(25)5-2;/h15-16H,4-14H2,1-3H3,(H2,19,20,22);1H. The molecular weight excluding hydrogens is 457 g/mol. The fourth-order valence-electron chi connectivity index (χ4n) is 2.83. The Balaban J connectivity index is 0.00000364. The molecule has 1 aliphatic rings. The van der Waals surface area contributed by atoms with E-state index in [4.69, 9.17) is 9.73 Å². The third kappa shape index (κ3) is 9.20. The summed E-state index contributed by atoms with van der Waals surface area (Å²) in [6, 6.07) is 0.404. The molecule has 0 aromatic carbocycles. The summed E-state index contributed by atoms with van der Waals surface area (Å²) in [6.45, 7) is 13.8. The maximum absolute atomic E-state index is 5.39. The minimum atomic E-state index is 0. The number of hydrogen-bond donors (Lipinski definition) is 2. The summed E-state index contributed by atoms with van der Waals surface area (Å²) in [5.41, 5.74) is 0. The van der Waals surface area contributed by atoms with Gasteiger partial charge in [-0.05, 0) is 19.8 Å². The van der Waals surface area contributed by atoms with E-state index in [0.717, 1.165) is 83.5 Å². The summed E-state index contributed by atoms with van der Waals surface area (Å²) >= 11 is 0. The molecule has 1 unspecified atom stereocenters. The van der Waals surface area contributed by atoms with Crippen LogP contribution in [0.4, 0.5) is 0 Å². The SMILES string of the molecule is CCc1nncn1CCNC(=NCCCN1CCOCC1)NC(C)CC.I. The lowest BCUT2D eigenvalue weighted by molar-refractivity contribution is 0.0377. The first-order chi connectivity index (χ1) is 12.7. The molecule has 8 nitrogen and oxygen atoms in total. The maximum atomic E-state index is 5.39. The van der Waals surface area contributed by atoms with Crippen molar-refractivity contribution in [2.24, 2.45) is 4.99 Å². The number of nitrogens with zero attached hydrogens (tertiary/aromatic N) is 5. The fraction of sp³-hybridized carbons (Fsp3) is 0.833. The van der Waals surface area contributed by atoms with Gasteiger partial charge in [-0.2, -0.15) is 0 Å². The van der Waals surface area contributed by atoms with Crippen molar-refractivity contribution < 1.29 is 4.74 Å². The van der Waals surface area contributed by atoms with Gasteiger partial charge in [0.2, 0.25) is 0 Å². The van der Waals surface area contributed by atoms with Crippen molar-refractivity contribution in [2.75, 3.05) is 45.9 Å². The molecule has 27 heavy (non-hydrogen) atoms. The largest absolute Gasteiger partial charge is 0.379 e. The molecule has 0 saturated carbocycles. The lowest BCUT2D eigenvalue weighted by Gasteiger charge is -2.26. The van der Waals surface area contributed by atoms with Crippen molar-refractivity contribution >= 4 is 29.9 Å². The van der Waals surface area contributed by atoms with Crippen LogP contribution in [-0.4, -0.2) is 77.6 Å². The molecule has 2 N–H and O–H groups in total. The summed E-state index contributed by atoms with van der Waals surface area (Å²) in [4.78, 5) is 7.20. The topological polar surface area (TPSA) is 79.6 Å². The molecule has 0 bridgehead atoms. The number of aromatic nitrogens is 3. The first-order valence-electron chi connectivity index (χ1n) is 9.94. The van der Waals surface area contributed by atoms with Crippen molar-refractivity contribution in [1.82, 2.24) is 30.3 Å². The van der Waals surface area contributed by atoms with Gasteiger partial charge >= 0.3 is 0 Å². The van der Waals surface area contributed by atoms with Crippen molar-refractivity contribution in [3.8, 4) is 0 Å². The molecule has 9 heteroatoms. The predicted octanol–water partition coefficient (Wildman–Crippen LogP) is 1.51. The van der Waals surface area contributed by atoms with Gasteiger partial charge in [-0.25, -0.2) is 0 Å². The molecule has 1 aromatic heterocycles. The lowest BCUT2D eigenvalue weighted by Crippen LogP contribution is -2.43. The van der Waals surface area contributed by atoms with Gasteiger partial charge in [-0.15, -0.1) is 34.2 Å². The van der Waals surface area contributed by atoms with Crippen LogP contribution in [0, 0.1) is 0 Å². The van der Waals surface area contributed by atoms with Crippen LogP contribution in [0.2, 0.25) is 0 Å². The summed E-state index contributed by atoms with van der Waals surface area (Å²) in [6.07, 6.45) is 4.83. The zero-order valence-electron chi connectivity index (χ0n) is 17.0. The van der Waals surface area contributed by atoms with Crippen LogP contribution in [0.1, 0.15) is 39.4 Å². The predicted molar refractivity (Wildman–Crippen MR) is 120 cm³/mol. The Hall–Kier alpha value is -0.940. The van der Waals surface area contributed by atoms with E-state index >= 15 is 0 Å². The van der Waals surface area contributed by atoms with E-state index in [1.165, 1.54) is 0 Å². The smallest absolute Gasteiger partial charge is 0.191 e. The molecule has 1 aliphatic heterocycles. The molecular formula is C18H36IN7O. The van der Waals surface area contributed by atoms with Crippen LogP contribution in [0.3, 0.4) is 0 Å². The first-order valence-corrected chi connectivity index (χ1v) is 9.94. The number of ether oxygens (including phenoxy) is 1. The van der Waals surface area contributed by atoms with Gasteiger partial charge in [-0.1, -0.05) is 13.8 Å². The molecule has 0 amide bonds. The summed E-state index contributed by atoms with van der Waals surface area (Å²) in [5.74, 6) is 1.91. The van der Waals surface area contributed by atoms with Gasteiger partial charge in [0.25, 0.3) is 0 Å². The monoisotopic (exact) mass is 493 g/mol. The minimum absolute atomic E-state index is 0. The van der Waals surface area contributed by atoms with E-state index in [9.17, 15) is 0 Å². The summed E-state index contributed by atoms with van der Waals surface area (Å²) in [5, 5.41) is 15.0. The quantitative estimate of drug-likeness (QED) is 0.223. The number of halogens is 1. The molecule has 1 atom stereocenters. The molecule has 0 aliphatic carbocycles. The van der Waals surface area contributed by atoms with Crippen LogP contribution in [0.15, 0.2) is 11.3 Å². The Morgan fingerprint density at radius 1 is 1.30 bits per heavy atom. The normalized spacial score (nSPS) is 16.6. The zero-order valence-corrected chi connectivity index (χ0v) is 19.3. The first kappa shape index (κ1) is 24.1. The minimum Gasteiger partial charge on any atom is -0.379 e. The summed E-state index contributed by atoms with van der Waals surface area (Å²) < 4.78 is 7.48. The van der Waals surface area contributed by atoms with Crippen LogP contribution in [-0.2, 0) is 17.7 Å². The molecule has 156 valence electrons. The lowest BCUT2D eigenvalue weighted by atomic mass is 10.3. The average molecular weight is 493 g/mol. The molecule has 1 fully saturated rings. The third-order valence-corrected chi connectivity index (χ3v) is 4.66. The van der Waals surface area contributed by atoms with Gasteiger partial charge in [-0.3, -0.25) is 9.89 Å². The van der Waals surface area contributed by atoms with E-state index in [1.54, 1.807) is 6.33 Å². The number of aliphatic imine (C=N–C) groups is 1. The van der Waals surface area contributed by atoms with E-state index in [2.05, 4.69) is 51.1 Å². The molecule has 2 rings (SSSR count). The second-order valence-electron chi connectivity index (χ2n) is 6.71. The Bertz CT molecular complexity index is 532. The van der Waals surface area contributed by atoms with Crippen LogP contribution in [0.5, 0.6) is 0 Å². The highest BCUT2D eigenvalue weighted by molar-refractivity contribution is 14.0. The molecule has 1 saturated heterocycles. The number of morpholine rings is 1. The number of guanidine groups is 1. The highest BCUT2D eigenvalue weighted by Crippen LogP contribution is 1.98. The van der Waals surface area contributed by atoms with Crippen molar-refractivity contribution in [2.45, 2.75) is 52.6 Å². The summed E-state index contributed by atoms with van der Waals surface area (Å²) in [7, 11) is 0. The zero-order chi connectivity index (χ0) is 18.6. The molecule has 1 aromatic rings. The van der Waals surface area contributed by atoms with Crippen LogP contribution >= 0.6 is 24.0 Å². The van der Waals surface area contributed by atoms with Gasteiger partial charge in [0, 0.05) is 51.7 Å². The Kier molecular flexibility index (Phi) is 12.6. The Morgan fingerprint density at radius 3 is 2.78 bits per heavy atom. The van der Waals surface area contributed by atoms with E-state index in [1.807, 2.05) is 0 Å². The van der Waals surface area contributed by atoms with Gasteiger partial charge in [0.05, 0.1) is 13.2 Å². The number of nitrogens with one attached hydrogen (secondary N) is 2. The van der Waals surface area contributed by atoms with Crippen molar-refractivity contribution in [3.05, 3.63) is 12.2 Å². The Labute approximate surface area is 180 Å². The highest BCUT2D eigenvalue weighted by Gasteiger charge is 2.09. The van der Waals surface area contributed by atoms with E-state index in [0.29, 0.717) is 6.04 Å². The number of aryl methyl sites for hydroxylation is 1. The van der Waals surface area contributed by atoms with Crippen molar-refractivity contribution in [3.63, 3.8) is 0 Å². The van der Waals surface area contributed by atoms with Crippen molar-refractivity contribution in [1.29, 1.82) is 0 Å². The average Bonchev–Trinajstić information content (AvgIpc) is 3.13. The van der Waals surface area contributed by atoms with Gasteiger partial charge in [0.15, 0.2) is 5.96 Å². The van der Waals surface area contributed by atoms with Crippen LogP contribution in [0.25, 0.3) is 0 Å². The number of rotatable bonds is 10. The Morgan fingerprint density at radius 2 is 2.07 bits per heavy atom. The second kappa shape index (κ2) is 14.1. The highest BCUT2D eigenvalue weighted by atomic mass is 127. The number of hydrogen-bond acceptors (Lipinski definition) is 5. The molecule has 0 radical (unpaired) electrons. The third-order valence-electron chi connectivity index (χ3n) is 4.66. The van der Waals surface area contributed by atoms with Gasteiger partial charge in [0.1, 0.15) is 12.2 Å². The second-order valence-corrected chi connectivity index (χ2v) is 6.71. The molecule has 0 spiro atoms. The maximum Gasteiger partial charge on any atom is 0.191 e. The van der Waals surface area contributed by atoms with Gasteiger partial charge < -0.3 is 19.9 Å². The van der Waals surface area contributed by atoms with Crippen LogP contribution < -0.4 is 10.6 Å². The fourth-order valence-corrected chi connectivity index (χ4v) is 2.83.